The molecule has 3 nitrogen and oxygen atoms in total. The molecule has 0 atom stereocenters. The summed E-state index contributed by atoms with van der Waals surface area (Å²) in [4.78, 5) is 11.9. The fraction of sp³-hybridized carbons (Fsp3) is 0.438. The molecule has 1 aromatic heterocycles. The summed E-state index contributed by atoms with van der Waals surface area (Å²) in [6.07, 6.45) is 5.46. The van der Waals surface area contributed by atoms with Crippen LogP contribution in [0.1, 0.15) is 38.4 Å². The number of unbranched alkanes of at least 4 members (excludes halogenated alkanes) is 3. The van der Waals surface area contributed by atoms with Crippen molar-refractivity contribution in [2.24, 2.45) is 0 Å². The summed E-state index contributed by atoms with van der Waals surface area (Å²) >= 11 is 0. The zero-order chi connectivity index (χ0) is 13.7. The first-order valence-electron chi connectivity index (χ1n) is 6.86. The molecule has 0 aliphatic carbocycles. The van der Waals surface area contributed by atoms with Gasteiger partial charge in [0.15, 0.2) is 0 Å². The number of rotatable bonds is 6. The summed E-state index contributed by atoms with van der Waals surface area (Å²) in [7, 11) is 1.62. The van der Waals surface area contributed by atoms with Crippen molar-refractivity contribution in [1.29, 1.82) is 0 Å². The zero-order valence-corrected chi connectivity index (χ0v) is 11.6. The molecule has 0 radical (unpaired) electrons. The van der Waals surface area contributed by atoms with Crippen LogP contribution in [-0.2, 0) is 6.42 Å². The topological polar surface area (TPSA) is 39.4 Å². The van der Waals surface area contributed by atoms with E-state index in [9.17, 15) is 4.79 Å². The lowest BCUT2D eigenvalue weighted by Gasteiger charge is -2.06. The summed E-state index contributed by atoms with van der Waals surface area (Å²) in [6.45, 7) is 2.18. The van der Waals surface area contributed by atoms with E-state index in [1.807, 2.05) is 12.1 Å². The smallest absolute Gasteiger partial charge is 0.343 e. The molecule has 0 bridgehead atoms. The van der Waals surface area contributed by atoms with Gasteiger partial charge in [-0.2, -0.15) is 0 Å². The standard InChI is InChI=1S/C16H20O3/c1-3-4-5-6-8-12-11-14-13(16(17)19-12)9-7-10-15(14)18-2/h7,9-11H,3-6,8H2,1-2H3. The van der Waals surface area contributed by atoms with E-state index >= 15 is 0 Å². The lowest BCUT2D eigenvalue weighted by Crippen LogP contribution is -2.03. The Hall–Kier alpha value is -1.77. The number of methoxy groups -OCH3 is 1. The minimum atomic E-state index is -0.276. The first-order valence-corrected chi connectivity index (χ1v) is 6.86. The quantitative estimate of drug-likeness (QED) is 0.739. The molecule has 0 amide bonds. The van der Waals surface area contributed by atoms with Crippen LogP contribution < -0.4 is 10.4 Å². The Kier molecular flexibility index (Phi) is 4.61. The summed E-state index contributed by atoms with van der Waals surface area (Å²) in [5.41, 5.74) is -0.276. The minimum Gasteiger partial charge on any atom is -0.496 e. The van der Waals surface area contributed by atoms with Crippen molar-refractivity contribution >= 4 is 10.8 Å². The predicted octanol–water partition coefficient (Wildman–Crippen LogP) is 3.92. The van der Waals surface area contributed by atoms with Gasteiger partial charge in [0.05, 0.1) is 12.5 Å². The molecule has 0 N–H and O–H groups in total. The monoisotopic (exact) mass is 260 g/mol. The Morgan fingerprint density at radius 3 is 2.74 bits per heavy atom. The Bertz CT molecular complexity index is 598. The largest absolute Gasteiger partial charge is 0.496 e. The van der Waals surface area contributed by atoms with Gasteiger partial charge in [0.25, 0.3) is 0 Å². The second kappa shape index (κ2) is 6.41. The van der Waals surface area contributed by atoms with E-state index in [4.69, 9.17) is 9.15 Å². The van der Waals surface area contributed by atoms with E-state index in [2.05, 4.69) is 6.92 Å². The average Bonchev–Trinajstić information content (AvgIpc) is 2.43. The molecule has 2 aromatic rings. The molecule has 0 fully saturated rings. The minimum absolute atomic E-state index is 0.276. The molecule has 3 heteroatoms. The molecule has 0 saturated heterocycles. The van der Waals surface area contributed by atoms with Crippen LogP contribution in [0.15, 0.2) is 33.5 Å². The third-order valence-electron chi connectivity index (χ3n) is 3.31. The van der Waals surface area contributed by atoms with Crippen LogP contribution in [0, 0.1) is 0 Å². The molecule has 0 saturated carbocycles. The lowest BCUT2D eigenvalue weighted by atomic mass is 10.1. The first kappa shape index (κ1) is 13.7. The summed E-state index contributed by atoms with van der Waals surface area (Å²) in [5, 5.41) is 1.42. The summed E-state index contributed by atoms with van der Waals surface area (Å²) in [6, 6.07) is 7.37. The Morgan fingerprint density at radius 1 is 1.16 bits per heavy atom. The number of hydrogen-bond donors (Lipinski definition) is 0. The van der Waals surface area contributed by atoms with E-state index in [0.717, 1.165) is 29.7 Å². The molecular weight excluding hydrogens is 240 g/mol. The maximum Gasteiger partial charge on any atom is 0.343 e. The molecule has 2 rings (SSSR count). The van der Waals surface area contributed by atoms with Crippen LogP contribution in [0.3, 0.4) is 0 Å². The molecule has 19 heavy (non-hydrogen) atoms. The highest BCUT2D eigenvalue weighted by atomic mass is 16.5. The molecule has 102 valence electrons. The molecule has 1 aromatic carbocycles. The Balaban J connectivity index is 2.29. The SMILES string of the molecule is CCCCCCc1cc2c(OC)cccc2c(=O)o1. The fourth-order valence-corrected chi connectivity index (χ4v) is 2.26. The summed E-state index contributed by atoms with van der Waals surface area (Å²) in [5.74, 6) is 1.47. The van der Waals surface area contributed by atoms with Crippen molar-refractivity contribution in [3.8, 4) is 5.75 Å². The van der Waals surface area contributed by atoms with Gasteiger partial charge in [-0.3, -0.25) is 0 Å². The summed E-state index contributed by atoms with van der Waals surface area (Å²) < 4.78 is 10.7. The normalized spacial score (nSPS) is 10.8. The second-order valence-corrected chi connectivity index (χ2v) is 4.73. The van der Waals surface area contributed by atoms with Crippen LogP contribution in [-0.4, -0.2) is 7.11 Å². The first-order chi connectivity index (χ1) is 9.26. The van der Waals surface area contributed by atoms with E-state index in [1.54, 1.807) is 19.2 Å². The van der Waals surface area contributed by atoms with E-state index < -0.39 is 0 Å². The van der Waals surface area contributed by atoms with Gasteiger partial charge in [-0.05, 0) is 24.6 Å². The van der Waals surface area contributed by atoms with Crippen LogP contribution >= 0.6 is 0 Å². The number of hydrogen-bond acceptors (Lipinski definition) is 3. The zero-order valence-electron chi connectivity index (χ0n) is 11.6. The third-order valence-corrected chi connectivity index (χ3v) is 3.31. The maximum atomic E-state index is 11.9. The Labute approximate surface area is 113 Å². The molecule has 0 aliphatic heterocycles. The number of fused-ring (bicyclic) bond motifs is 1. The molecule has 0 aliphatic rings. The van der Waals surface area contributed by atoms with Crippen LogP contribution in [0.25, 0.3) is 10.8 Å². The van der Waals surface area contributed by atoms with Crippen molar-refractivity contribution in [3.05, 3.63) is 40.4 Å². The maximum absolute atomic E-state index is 11.9. The number of ether oxygens (including phenoxy) is 1. The number of aryl methyl sites for hydroxylation is 1. The van der Waals surface area contributed by atoms with Crippen molar-refractivity contribution in [2.75, 3.05) is 7.11 Å². The second-order valence-electron chi connectivity index (χ2n) is 4.73. The van der Waals surface area contributed by atoms with Crippen LogP contribution in [0.2, 0.25) is 0 Å². The number of benzene rings is 1. The molecule has 0 spiro atoms. The van der Waals surface area contributed by atoms with Gasteiger partial charge in [0.1, 0.15) is 11.5 Å². The van der Waals surface area contributed by atoms with E-state index in [1.165, 1.54) is 19.3 Å². The van der Waals surface area contributed by atoms with Crippen molar-refractivity contribution in [2.45, 2.75) is 39.0 Å². The molecule has 0 unspecified atom stereocenters. The average molecular weight is 260 g/mol. The highest BCUT2D eigenvalue weighted by Gasteiger charge is 2.08. The van der Waals surface area contributed by atoms with Crippen LogP contribution in [0.4, 0.5) is 0 Å². The Morgan fingerprint density at radius 2 is 2.00 bits per heavy atom. The fourth-order valence-electron chi connectivity index (χ4n) is 2.26. The van der Waals surface area contributed by atoms with Crippen molar-refractivity contribution in [1.82, 2.24) is 0 Å². The van der Waals surface area contributed by atoms with Gasteiger partial charge in [-0.1, -0.05) is 32.3 Å². The van der Waals surface area contributed by atoms with Crippen molar-refractivity contribution < 1.29 is 9.15 Å². The third kappa shape index (κ3) is 3.16. The van der Waals surface area contributed by atoms with E-state index in [0.29, 0.717) is 5.39 Å². The highest BCUT2D eigenvalue weighted by Crippen LogP contribution is 2.24. The lowest BCUT2D eigenvalue weighted by molar-refractivity contribution is 0.418. The highest BCUT2D eigenvalue weighted by molar-refractivity contribution is 5.87. The van der Waals surface area contributed by atoms with Crippen LogP contribution in [0.5, 0.6) is 5.75 Å². The van der Waals surface area contributed by atoms with Gasteiger partial charge < -0.3 is 9.15 Å². The van der Waals surface area contributed by atoms with Gasteiger partial charge in [-0.25, -0.2) is 4.79 Å². The molecule has 1 heterocycles. The van der Waals surface area contributed by atoms with E-state index in [-0.39, 0.29) is 5.63 Å². The van der Waals surface area contributed by atoms with Gasteiger partial charge >= 0.3 is 5.63 Å². The van der Waals surface area contributed by atoms with Gasteiger partial charge in [-0.15, -0.1) is 0 Å². The predicted molar refractivity (Wildman–Crippen MR) is 76.9 cm³/mol. The van der Waals surface area contributed by atoms with Crippen molar-refractivity contribution in [3.63, 3.8) is 0 Å². The van der Waals surface area contributed by atoms with Gasteiger partial charge in [0.2, 0.25) is 0 Å². The van der Waals surface area contributed by atoms with Gasteiger partial charge in [0, 0.05) is 11.8 Å². The molecular formula is C16H20O3.